The maximum atomic E-state index is 13.1. The minimum atomic E-state index is -3.65. The van der Waals surface area contributed by atoms with Crippen LogP contribution in [0.1, 0.15) is 33.2 Å². The lowest BCUT2D eigenvalue weighted by atomic mass is 10.1. The van der Waals surface area contributed by atoms with Crippen LogP contribution >= 0.6 is 0 Å². The normalized spacial score (nSPS) is 13.2. The fourth-order valence-electron chi connectivity index (χ4n) is 3.60. The van der Waals surface area contributed by atoms with Crippen LogP contribution in [0.25, 0.3) is 11.1 Å². The molecule has 0 fully saturated rings. The molecule has 0 saturated carbocycles. The number of aryl methyl sites for hydroxylation is 1. The second-order valence-corrected chi connectivity index (χ2v) is 9.38. The summed E-state index contributed by atoms with van der Waals surface area (Å²) in [6, 6.07) is 20.2. The minimum absolute atomic E-state index is 0.0623. The van der Waals surface area contributed by atoms with Crippen molar-refractivity contribution in [2.24, 2.45) is 0 Å². The summed E-state index contributed by atoms with van der Waals surface area (Å²) in [6.07, 6.45) is -0.525. The van der Waals surface area contributed by atoms with Crippen molar-refractivity contribution in [1.29, 1.82) is 0 Å². The van der Waals surface area contributed by atoms with E-state index in [0.717, 1.165) is 26.6 Å². The molecule has 29 heavy (non-hydrogen) atoms. The van der Waals surface area contributed by atoms with Crippen LogP contribution in [0.5, 0.6) is 0 Å². The lowest BCUT2D eigenvalue weighted by molar-refractivity contribution is 0.0384. The molecule has 4 rings (SSSR count). The fraction of sp³-hybridized carbons (Fsp3) is 0.174. The molecule has 1 aliphatic rings. The molecule has 0 aromatic heterocycles. The van der Waals surface area contributed by atoms with Gasteiger partial charge in [-0.1, -0.05) is 54.6 Å². The van der Waals surface area contributed by atoms with Crippen LogP contribution in [0.3, 0.4) is 0 Å². The molecular formula is C23H21NO4S. The van der Waals surface area contributed by atoms with Gasteiger partial charge in [-0.3, -0.25) is 0 Å². The SMILES string of the molecule is Cc1ccc(S(=O)(=O)N(C)C)cc1C(=O)OC1c2ccccc2-c2ccccc21. The predicted molar refractivity (Wildman–Crippen MR) is 111 cm³/mol. The van der Waals surface area contributed by atoms with Crippen molar-refractivity contribution in [3.63, 3.8) is 0 Å². The molecule has 6 heteroatoms. The second kappa shape index (κ2) is 7.13. The first-order valence-corrected chi connectivity index (χ1v) is 10.7. The first-order chi connectivity index (χ1) is 13.8. The van der Waals surface area contributed by atoms with Crippen molar-refractivity contribution >= 4 is 16.0 Å². The number of ether oxygens (including phenoxy) is 1. The molecule has 3 aromatic rings. The number of carbonyl (C=O) groups is 1. The average molecular weight is 407 g/mol. The number of esters is 1. The quantitative estimate of drug-likeness (QED) is 0.609. The molecule has 0 atom stereocenters. The maximum Gasteiger partial charge on any atom is 0.339 e. The number of hydrogen-bond acceptors (Lipinski definition) is 4. The molecule has 0 amide bonds. The first kappa shape index (κ1) is 19.4. The Bertz CT molecular complexity index is 1170. The van der Waals surface area contributed by atoms with Gasteiger partial charge in [-0.2, -0.15) is 0 Å². The van der Waals surface area contributed by atoms with Gasteiger partial charge in [-0.25, -0.2) is 17.5 Å². The summed E-state index contributed by atoms with van der Waals surface area (Å²) in [5, 5.41) is 0. The van der Waals surface area contributed by atoms with Crippen molar-refractivity contribution in [3.05, 3.63) is 89.0 Å². The molecule has 0 spiro atoms. The topological polar surface area (TPSA) is 63.7 Å². The Kier molecular flexibility index (Phi) is 4.76. The van der Waals surface area contributed by atoms with E-state index in [9.17, 15) is 13.2 Å². The third-order valence-electron chi connectivity index (χ3n) is 5.21. The average Bonchev–Trinajstić information content (AvgIpc) is 3.02. The summed E-state index contributed by atoms with van der Waals surface area (Å²) in [5.41, 5.74) is 4.85. The standard InChI is InChI=1S/C23H21NO4S/c1-15-12-13-16(29(26,27)24(2)3)14-21(15)23(25)28-22-19-10-6-4-8-17(19)18-9-5-7-11-20(18)22/h4-14,22H,1-3H3. The highest BCUT2D eigenvalue weighted by atomic mass is 32.2. The third-order valence-corrected chi connectivity index (χ3v) is 7.02. The van der Waals surface area contributed by atoms with Crippen LogP contribution in [0.2, 0.25) is 0 Å². The lowest BCUT2D eigenvalue weighted by Crippen LogP contribution is -2.23. The van der Waals surface area contributed by atoms with E-state index in [1.54, 1.807) is 13.0 Å². The van der Waals surface area contributed by atoms with Gasteiger partial charge in [0.2, 0.25) is 10.0 Å². The van der Waals surface area contributed by atoms with Crippen LogP contribution in [0.4, 0.5) is 0 Å². The molecule has 0 radical (unpaired) electrons. The zero-order chi connectivity index (χ0) is 20.8. The van der Waals surface area contributed by atoms with Gasteiger partial charge in [-0.05, 0) is 35.7 Å². The number of carbonyl (C=O) groups excluding carboxylic acids is 1. The fourth-order valence-corrected chi connectivity index (χ4v) is 4.53. The Labute approximate surface area is 170 Å². The smallest absolute Gasteiger partial charge is 0.339 e. The molecule has 148 valence electrons. The van der Waals surface area contributed by atoms with Gasteiger partial charge in [0.15, 0.2) is 6.10 Å². The third kappa shape index (κ3) is 3.24. The van der Waals surface area contributed by atoms with E-state index in [4.69, 9.17) is 4.74 Å². The Morgan fingerprint density at radius 1 is 0.897 bits per heavy atom. The van der Waals surface area contributed by atoms with Crippen LogP contribution in [-0.2, 0) is 14.8 Å². The summed E-state index contributed by atoms with van der Waals surface area (Å²) in [4.78, 5) is 13.1. The van der Waals surface area contributed by atoms with E-state index in [-0.39, 0.29) is 10.5 Å². The van der Waals surface area contributed by atoms with Crippen molar-refractivity contribution in [1.82, 2.24) is 4.31 Å². The number of fused-ring (bicyclic) bond motifs is 3. The van der Waals surface area contributed by atoms with Crippen LogP contribution in [-0.4, -0.2) is 32.8 Å². The summed E-state index contributed by atoms with van der Waals surface area (Å²) in [6.45, 7) is 1.76. The highest BCUT2D eigenvalue weighted by molar-refractivity contribution is 7.89. The van der Waals surface area contributed by atoms with Crippen LogP contribution < -0.4 is 0 Å². The molecule has 1 aliphatic carbocycles. The minimum Gasteiger partial charge on any atom is -0.449 e. The highest BCUT2D eigenvalue weighted by Gasteiger charge is 2.32. The second-order valence-electron chi connectivity index (χ2n) is 7.22. The van der Waals surface area contributed by atoms with Gasteiger partial charge >= 0.3 is 5.97 Å². The van der Waals surface area contributed by atoms with Gasteiger partial charge in [-0.15, -0.1) is 0 Å². The number of sulfonamides is 1. The van der Waals surface area contributed by atoms with Gasteiger partial charge in [0.25, 0.3) is 0 Å². The molecular weight excluding hydrogens is 386 g/mol. The van der Waals surface area contributed by atoms with Crippen LogP contribution in [0, 0.1) is 6.92 Å². The largest absolute Gasteiger partial charge is 0.449 e. The van der Waals surface area contributed by atoms with E-state index in [1.807, 2.05) is 48.5 Å². The predicted octanol–water partition coefficient (Wildman–Crippen LogP) is 4.17. The summed E-state index contributed by atoms with van der Waals surface area (Å²) < 4.78 is 32.0. The van der Waals surface area contributed by atoms with E-state index in [2.05, 4.69) is 0 Å². The molecule has 0 aliphatic heterocycles. The zero-order valence-electron chi connectivity index (χ0n) is 16.4. The Hall–Kier alpha value is -2.96. The van der Waals surface area contributed by atoms with Gasteiger partial charge in [0.05, 0.1) is 10.5 Å². The molecule has 0 bridgehead atoms. The highest BCUT2D eigenvalue weighted by Crippen LogP contribution is 2.45. The molecule has 0 heterocycles. The molecule has 0 saturated heterocycles. The van der Waals surface area contributed by atoms with Gasteiger partial charge in [0, 0.05) is 25.2 Å². The van der Waals surface area contributed by atoms with Crippen molar-refractivity contribution in [2.45, 2.75) is 17.9 Å². The van der Waals surface area contributed by atoms with Crippen molar-refractivity contribution in [3.8, 4) is 11.1 Å². The van der Waals surface area contributed by atoms with E-state index in [0.29, 0.717) is 5.56 Å². The van der Waals surface area contributed by atoms with Gasteiger partial charge < -0.3 is 4.74 Å². The summed E-state index contributed by atoms with van der Waals surface area (Å²) in [7, 11) is -0.733. The van der Waals surface area contributed by atoms with Crippen LogP contribution in [0.15, 0.2) is 71.6 Å². The number of hydrogen-bond donors (Lipinski definition) is 0. The van der Waals surface area contributed by atoms with Gasteiger partial charge in [0.1, 0.15) is 0 Å². The maximum absolute atomic E-state index is 13.1. The van der Waals surface area contributed by atoms with Crippen molar-refractivity contribution in [2.75, 3.05) is 14.1 Å². The number of rotatable bonds is 4. The molecule has 5 nitrogen and oxygen atoms in total. The van der Waals surface area contributed by atoms with E-state index < -0.39 is 22.1 Å². The Balaban J connectivity index is 1.73. The first-order valence-electron chi connectivity index (χ1n) is 9.23. The van der Waals surface area contributed by atoms with E-state index in [1.165, 1.54) is 26.2 Å². The Morgan fingerprint density at radius 2 is 1.45 bits per heavy atom. The lowest BCUT2D eigenvalue weighted by Gasteiger charge is -2.17. The van der Waals surface area contributed by atoms with E-state index >= 15 is 0 Å². The van der Waals surface area contributed by atoms with Crippen molar-refractivity contribution < 1.29 is 17.9 Å². The molecule has 3 aromatic carbocycles. The summed E-state index contributed by atoms with van der Waals surface area (Å²) >= 11 is 0. The number of benzene rings is 3. The number of nitrogens with zero attached hydrogens (tertiary/aromatic N) is 1. The zero-order valence-corrected chi connectivity index (χ0v) is 17.2. The monoisotopic (exact) mass is 407 g/mol. The summed E-state index contributed by atoms with van der Waals surface area (Å²) in [5.74, 6) is -0.546. The molecule has 0 N–H and O–H groups in total. The molecule has 0 unspecified atom stereocenters. The Morgan fingerprint density at radius 3 is 2.00 bits per heavy atom.